The maximum atomic E-state index is 13.8. The number of allylic oxidation sites excluding steroid dienone is 1. The zero-order valence-corrected chi connectivity index (χ0v) is 22.3. The van der Waals surface area contributed by atoms with Crippen LogP contribution in [0, 0.1) is 10.1 Å². The van der Waals surface area contributed by atoms with Crippen molar-refractivity contribution in [3.63, 3.8) is 0 Å². The summed E-state index contributed by atoms with van der Waals surface area (Å²) in [6.07, 6.45) is 3.06. The number of carbonyl (C=O) groups is 1. The van der Waals surface area contributed by atoms with Gasteiger partial charge in [0.2, 0.25) is 0 Å². The number of hydrogen-bond acceptors (Lipinski definition) is 4. The Morgan fingerprint density at radius 3 is 2.32 bits per heavy atom. The third-order valence-corrected chi connectivity index (χ3v) is 7.76. The molecule has 1 unspecified atom stereocenters. The lowest BCUT2D eigenvalue weighted by molar-refractivity contribution is -0.384. The first-order valence-corrected chi connectivity index (χ1v) is 12.6. The number of nitro groups is 1. The summed E-state index contributed by atoms with van der Waals surface area (Å²) >= 11 is 0. The number of hydrogen-bond donors (Lipinski definition) is 1. The van der Waals surface area contributed by atoms with E-state index >= 15 is 0 Å². The summed E-state index contributed by atoms with van der Waals surface area (Å²) in [6, 6.07) is 20.8. The zero-order chi connectivity index (χ0) is 26.8. The van der Waals surface area contributed by atoms with Crippen LogP contribution in [0.4, 0.5) is 17.1 Å². The van der Waals surface area contributed by atoms with E-state index in [0.29, 0.717) is 5.56 Å². The topological polar surface area (TPSA) is 75.5 Å². The lowest BCUT2D eigenvalue weighted by atomic mass is 9.65. The smallest absolute Gasteiger partial charge is 0.269 e. The van der Waals surface area contributed by atoms with Crippen LogP contribution in [0.15, 0.2) is 72.8 Å². The molecule has 2 aliphatic rings. The van der Waals surface area contributed by atoms with Gasteiger partial charge in [0.1, 0.15) is 0 Å². The molecule has 0 fully saturated rings. The summed E-state index contributed by atoms with van der Waals surface area (Å²) in [6.45, 7) is 12.9. The lowest BCUT2D eigenvalue weighted by Crippen LogP contribution is -2.49. The molecule has 0 spiro atoms. The number of para-hydroxylation sites is 1. The van der Waals surface area contributed by atoms with Crippen molar-refractivity contribution < 1.29 is 9.72 Å². The molecule has 6 nitrogen and oxygen atoms in total. The number of benzene rings is 3. The highest BCUT2D eigenvalue weighted by molar-refractivity contribution is 6.10. The van der Waals surface area contributed by atoms with Crippen LogP contribution in [0.3, 0.4) is 0 Å². The van der Waals surface area contributed by atoms with E-state index in [9.17, 15) is 14.9 Å². The van der Waals surface area contributed by atoms with Crippen LogP contribution in [0.2, 0.25) is 0 Å². The van der Waals surface area contributed by atoms with Crippen LogP contribution in [0.1, 0.15) is 75.0 Å². The van der Waals surface area contributed by atoms with Crippen LogP contribution >= 0.6 is 0 Å². The van der Waals surface area contributed by atoms with Crippen molar-refractivity contribution in [3.8, 4) is 0 Å². The van der Waals surface area contributed by atoms with E-state index in [1.165, 1.54) is 35.4 Å². The van der Waals surface area contributed by atoms with Gasteiger partial charge in [-0.25, -0.2) is 0 Å². The summed E-state index contributed by atoms with van der Waals surface area (Å²) in [7, 11) is 0. The first-order chi connectivity index (χ1) is 17.3. The summed E-state index contributed by atoms with van der Waals surface area (Å²) in [5.74, 6) is -0.183. The average Bonchev–Trinajstić information content (AvgIpc) is 2.82. The van der Waals surface area contributed by atoms with E-state index in [1.54, 1.807) is 0 Å². The Morgan fingerprint density at radius 1 is 0.973 bits per heavy atom. The standard InChI is InChI=1S/C31H33N3O3/c1-20-18-30(4,5)33(28(35)21-11-14-23(15-12-21)34(36)37)27-16-13-22(17-24(20)27)31(6)19-29(2,3)32-26-10-8-7-9-25(26)31/h7-18,32H,19H2,1-6H3. The molecule has 0 saturated carbocycles. The van der Waals surface area contributed by atoms with Crippen molar-refractivity contribution in [3.05, 3.63) is 105 Å². The predicted molar refractivity (Wildman–Crippen MR) is 149 cm³/mol. The maximum absolute atomic E-state index is 13.8. The Morgan fingerprint density at radius 2 is 1.65 bits per heavy atom. The molecule has 1 N–H and O–H groups in total. The molecule has 0 saturated heterocycles. The molecule has 0 aromatic heterocycles. The van der Waals surface area contributed by atoms with Crippen LogP contribution in [0.5, 0.6) is 0 Å². The van der Waals surface area contributed by atoms with E-state index < -0.39 is 10.5 Å². The molecule has 2 heterocycles. The van der Waals surface area contributed by atoms with Crippen LogP contribution in [-0.4, -0.2) is 21.9 Å². The summed E-state index contributed by atoms with van der Waals surface area (Å²) in [5.41, 5.74) is 6.17. The van der Waals surface area contributed by atoms with Gasteiger partial charge in [0.05, 0.1) is 16.1 Å². The van der Waals surface area contributed by atoms with Crippen LogP contribution in [-0.2, 0) is 5.41 Å². The van der Waals surface area contributed by atoms with E-state index in [2.05, 4.69) is 81.6 Å². The van der Waals surface area contributed by atoms with E-state index in [4.69, 9.17) is 0 Å². The van der Waals surface area contributed by atoms with Gasteiger partial charge in [-0.15, -0.1) is 0 Å². The van der Waals surface area contributed by atoms with Gasteiger partial charge in [0.15, 0.2) is 0 Å². The molecular weight excluding hydrogens is 462 g/mol. The molecule has 1 amide bonds. The first kappa shape index (κ1) is 24.8. The number of non-ortho nitro benzene ring substituents is 1. The van der Waals surface area contributed by atoms with Crippen molar-refractivity contribution >= 4 is 28.5 Å². The largest absolute Gasteiger partial charge is 0.380 e. The van der Waals surface area contributed by atoms with Crippen molar-refractivity contribution in [2.45, 2.75) is 64.5 Å². The van der Waals surface area contributed by atoms with Gasteiger partial charge in [0.25, 0.3) is 11.6 Å². The van der Waals surface area contributed by atoms with Gasteiger partial charge in [-0.3, -0.25) is 19.8 Å². The Labute approximate surface area is 218 Å². The highest BCUT2D eigenvalue weighted by Gasteiger charge is 2.43. The summed E-state index contributed by atoms with van der Waals surface area (Å²) in [4.78, 5) is 26.2. The van der Waals surface area contributed by atoms with Crippen molar-refractivity contribution in [2.75, 3.05) is 10.2 Å². The molecule has 3 aromatic carbocycles. The molecule has 37 heavy (non-hydrogen) atoms. The summed E-state index contributed by atoms with van der Waals surface area (Å²) < 4.78 is 0. The number of nitro benzene ring substituents is 1. The number of amides is 1. The number of nitrogens with one attached hydrogen (secondary N) is 1. The van der Waals surface area contributed by atoms with Gasteiger partial charge in [-0.05, 0) is 88.1 Å². The van der Waals surface area contributed by atoms with Gasteiger partial charge in [-0.2, -0.15) is 0 Å². The maximum Gasteiger partial charge on any atom is 0.269 e. The number of nitrogens with zero attached hydrogens (tertiary/aromatic N) is 2. The SMILES string of the molecule is CC1=CC(C)(C)N(C(=O)c2ccc([N+](=O)[O-])cc2)c2ccc(C3(C)CC(C)(C)Nc4ccccc43)cc21. The Hall–Kier alpha value is -3.93. The van der Waals surface area contributed by atoms with Crippen molar-refractivity contribution in [1.82, 2.24) is 0 Å². The predicted octanol–water partition coefficient (Wildman–Crippen LogP) is 7.34. The molecule has 190 valence electrons. The lowest BCUT2D eigenvalue weighted by Gasteiger charge is -2.47. The normalized spacial score (nSPS) is 21.2. The van der Waals surface area contributed by atoms with Crippen molar-refractivity contribution in [2.24, 2.45) is 0 Å². The molecule has 0 bridgehead atoms. The minimum absolute atomic E-state index is 0.0337. The molecule has 3 aromatic rings. The van der Waals surface area contributed by atoms with Gasteiger partial charge >= 0.3 is 0 Å². The van der Waals surface area contributed by atoms with Crippen LogP contribution in [0.25, 0.3) is 5.57 Å². The average molecular weight is 496 g/mol. The molecule has 2 aliphatic heterocycles. The summed E-state index contributed by atoms with van der Waals surface area (Å²) in [5, 5.41) is 14.8. The quantitative estimate of drug-likeness (QED) is 0.305. The molecule has 1 atom stereocenters. The van der Waals surface area contributed by atoms with Crippen LogP contribution < -0.4 is 10.2 Å². The monoisotopic (exact) mass is 495 g/mol. The molecular formula is C31H33N3O3. The molecule has 0 radical (unpaired) electrons. The first-order valence-electron chi connectivity index (χ1n) is 12.6. The molecule has 5 rings (SSSR count). The third kappa shape index (κ3) is 4.10. The van der Waals surface area contributed by atoms with Gasteiger partial charge in [0, 0.05) is 39.9 Å². The molecule has 6 heteroatoms. The second kappa shape index (κ2) is 8.30. The highest BCUT2D eigenvalue weighted by Crippen LogP contribution is 2.49. The zero-order valence-electron chi connectivity index (χ0n) is 22.3. The van der Waals surface area contributed by atoms with E-state index in [1.807, 2.05) is 18.7 Å². The Kier molecular flexibility index (Phi) is 5.55. The second-order valence-electron chi connectivity index (χ2n) is 11.7. The Bertz CT molecular complexity index is 1450. The number of anilines is 2. The number of carbonyl (C=O) groups excluding carboxylic acids is 1. The fourth-order valence-electron chi connectivity index (χ4n) is 6.32. The highest BCUT2D eigenvalue weighted by atomic mass is 16.6. The fourth-order valence-corrected chi connectivity index (χ4v) is 6.32. The van der Waals surface area contributed by atoms with Gasteiger partial charge < -0.3 is 5.32 Å². The van der Waals surface area contributed by atoms with E-state index in [0.717, 1.165) is 28.9 Å². The molecule has 0 aliphatic carbocycles. The van der Waals surface area contributed by atoms with E-state index in [-0.39, 0.29) is 22.5 Å². The third-order valence-electron chi connectivity index (χ3n) is 7.76. The minimum atomic E-state index is -0.565. The van der Waals surface area contributed by atoms with Crippen molar-refractivity contribution in [1.29, 1.82) is 0 Å². The van der Waals surface area contributed by atoms with Gasteiger partial charge in [-0.1, -0.05) is 37.3 Å². The number of rotatable bonds is 3. The number of fused-ring (bicyclic) bond motifs is 2. The second-order valence-corrected chi connectivity index (χ2v) is 11.7. The fraction of sp³-hybridized carbons (Fsp3) is 0.323. The Balaban J connectivity index is 1.61. The minimum Gasteiger partial charge on any atom is -0.380 e.